The summed E-state index contributed by atoms with van der Waals surface area (Å²) < 4.78 is 0. The molecule has 1 amide bonds. The van der Waals surface area contributed by atoms with Crippen LogP contribution in [0, 0.1) is 0 Å². The van der Waals surface area contributed by atoms with Gasteiger partial charge >= 0.3 is 0 Å². The minimum Gasteiger partial charge on any atom is -0.325 e. The summed E-state index contributed by atoms with van der Waals surface area (Å²) in [6.07, 6.45) is 8.72. The monoisotopic (exact) mass is 265 g/mol. The Morgan fingerprint density at radius 2 is 1.79 bits per heavy atom. The number of piperidine rings is 1. The molecule has 0 bridgehead atoms. The molecule has 3 rings (SSSR count). The summed E-state index contributed by atoms with van der Waals surface area (Å²) in [5.74, 6) is 0.370. The zero-order chi connectivity index (χ0) is 13.3. The SMILES string of the molecule is CC1NC2(CCCC2)C(=O)N1CCN1CCCCC1. The van der Waals surface area contributed by atoms with Crippen LogP contribution >= 0.6 is 0 Å². The minimum atomic E-state index is -0.193. The van der Waals surface area contributed by atoms with Gasteiger partial charge in [0.1, 0.15) is 0 Å². The van der Waals surface area contributed by atoms with Gasteiger partial charge in [0.25, 0.3) is 0 Å². The number of amides is 1. The zero-order valence-corrected chi connectivity index (χ0v) is 12.2. The van der Waals surface area contributed by atoms with Gasteiger partial charge in [-0.05, 0) is 45.7 Å². The van der Waals surface area contributed by atoms with Crippen LogP contribution in [0.3, 0.4) is 0 Å². The molecule has 2 saturated heterocycles. The van der Waals surface area contributed by atoms with Crippen LogP contribution in [0.1, 0.15) is 51.9 Å². The summed E-state index contributed by atoms with van der Waals surface area (Å²) in [7, 11) is 0. The number of nitrogens with one attached hydrogen (secondary N) is 1. The summed E-state index contributed by atoms with van der Waals surface area (Å²) >= 11 is 0. The number of hydrogen-bond acceptors (Lipinski definition) is 3. The molecule has 3 aliphatic rings. The number of carbonyl (C=O) groups is 1. The minimum absolute atomic E-state index is 0.193. The van der Waals surface area contributed by atoms with Crippen LogP contribution in [0.4, 0.5) is 0 Å². The highest BCUT2D eigenvalue weighted by atomic mass is 16.2. The first-order chi connectivity index (χ1) is 9.21. The van der Waals surface area contributed by atoms with E-state index in [4.69, 9.17) is 0 Å². The van der Waals surface area contributed by atoms with E-state index in [1.54, 1.807) is 0 Å². The van der Waals surface area contributed by atoms with E-state index in [1.165, 1.54) is 45.2 Å². The second-order valence-electron chi connectivity index (χ2n) is 6.51. The van der Waals surface area contributed by atoms with Crippen LogP contribution in [0.2, 0.25) is 0 Å². The van der Waals surface area contributed by atoms with Crippen LogP contribution in [0.25, 0.3) is 0 Å². The van der Waals surface area contributed by atoms with Gasteiger partial charge in [0.15, 0.2) is 0 Å². The van der Waals surface area contributed by atoms with Crippen molar-refractivity contribution in [1.29, 1.82) is 0 Å². The second-order valence-corrected chi connectivity index (χ2v) is 6.51. The molecule has 2 heterocycles. The lowest BCUT2D eigenvalue weighted by molar-refractivity contribution is -0.133. The summed E-state index contributed by atoms with van der Waals surface area (Å²) in [5, 5.41) is 3.57. The second kappa shape index (κ2) is 5.41. The van der Waals surface area contributed by atoms with E-state index in [1.807, 2.05) is 0 Å². The van der Waals surface area contributed by atoms with Crippen molar-refractivity contribution in [2.24, 2.45) is 0 Å². The first-order valence-electron chi connectivity index (χ1n) is 8.02. The van der Waals surface area contributed by atoms with Gasteiger partial charge in [-0.15, -0.1) is 0 Å². The molecule has 1 unspecified atom stereocenters. The van der Waals surface area contributed by atoms with Crippen molar-refractivity contribution in [3.63, 3.8) is 0 Å². The van der Waals surface area contributed by atoms with Crippen molar-refractivity contribution in [3.8, 4) is 0 Å². The average Bonchev–Trinajstić information content (AvgIpc) is 2.97. The first-order valence-corrected chi connectivity index (χ1v) is 8.02. The lowest BCUT2D eigenvalue weighted by atomic mass is 9.98. The smallest absolute Gasteiger partial charge is 0.244 e. The molecule has 19 heavy (non-hydrogen) atoms. The van der Waals surface area contributed by atoms with E-state index in [0.29, 0.717) is 5.91 Å². The molecule has 4 nitrogen and oxygen atoms in total. The van der Waals surface area contributed by atoms with E-state index >= 15 is 0 Å². The third kappa shape index (κ3) is 2.52. The normalized spacial score (nSPS) is 31.5. The number of nitrogens with zero attached hydrogens (tertiary/aromatic N) is 2. The van der Waals surface area contributed by atoms with Gasteiger partial charge < -0.3 is 9.80 Å². The van der Waals surface area contributed by atoms with E-state index < -0.39 is 0 Å². The standard InChI is InChI=1S/C15H27N3O/c1-13-16-15(7-3-4-8-15)14(19)18(13)12-11-17-9-5-2-6-10-17/h13,16H,2-12H2,1H3. The van der Waals surface area contributed by atoms with E-state index in [0.717, 1.165) is 25.9 Å². The summed E-state index contributed by atoms with van der Waals surface area (Å²) in [5.41, 5.74) is -0.193. The Hall–Kier alpha value is -0.610. The topological polar surface area (TPSA) is 35.6 Å². The van der Waals surface area contributed by atoms with Crippen molar-refractivity contribution >= 4 is 5.91 Å². The van der Waals surface area contributed by atoms with Gasteiger partial charge in [-0.2, -0.15) is 0 Å². The molecule has 0 aromatic carbocycles. The molecule has 1 saturated carbocycles. The quantitative estimate of drug-likeness (QED) is 0.841. The van der Waals surface area contributed by atoms with Gasteiger partial charge in [-0.1, -0.05) is 19.3 Å². The molecule has 1 N–H and O–H groups in total. The Morgan fingerprint density at radius 1 is 1.11 bits per heavy atom. The predicted octanol–water partition coefficient (Wildman–Crippen LogP) is 1.56. The van der Waals surface area contributed by atoms with Crippen LogP contribution in [0.5, 0.6) is 0 Å². The number of likely N-dealkylation sites (tertiary alicyclic amines) is 1. The molecule has 108 valence electrons. The van der Waals surface area contributed by atoms with Gasteiger partial charge in [-0.25, -0.2) is 0 Å². The third-order valence-electron chi connectivity index (χ3n) is 5.19. The van der Waals surface area contributed by atoms with Crippen LogP contribution in [-0.4, -0.2) is 53.6 Å². The Labute approximate surface area is 116 Å². The van der Waals surface area contributed by atoms with Crippen LogP contribution in [0.15, 0.2) is 0 Å². The van der Waals surface area contributed by atoms with Gasteiger partial charge in [0, 0.05) is 13.1 Å². The van der Waals surface area contributed by atoms with Gasteiger partial charge in [-0.3, -0.25) is 10.1 Å². The highest BCUT2D eigenvalue weighted by Crippen LogP contribution is 2.36. The maximum atomic E-state index is 12.7. The fraction of sp³-hybridized carbons (Fsp3) is 0.933. The van der Waals surface area contributed by atoms with Crippen molar-refractivity contribution in [1.82, 2.24) is 15.1 Å². The molecule has 0 radical (unpaired) electrons. The maximum Gasteiger partial charge on any atom is 0.244 e. The molecular weight excluding hydrogens is 238 g/mol. The Kier molecular flexibility index (Phi) is 3.81. The van der Waals surface area contributed by atoms with Crippen molar-refractivity contribution < 1.29 is 4.79 Å². The highest BCUT2D eigenvalue weighted by molar-refractivity contribution is 5.89. The molecule has 1 spiro atoms. The summed E-state index contributed by atoms with van der Waals surface area (Å²) in [6, 6.07) is 0. The molecule has 3 fully saturated rings. The van der Waals surface area contributed by atoms with Gasteiger partial charge in [0.05, 0.1) is 11.7 Å². The fourth-order valence-electron chi connectivity index (χ4n) is 4.05. The van der Waals surface area contributed by atoms with Crippen LogP contribution < -0.4 is 5.32 Å². The Balaban J connectivity index is 1.56. The number of carbonyl (C=O) groups excluding carboxylic acids is 1. The third-order valence-corrected chi connectivity index (χ3v) is 5.19. The lowest BCUT2D eigenvalue weighted by Crippen LogP contribution is -2.45. The van der Waals surface area contributed by atoms with E-state index in [9.17, 15) is 4.79 Å². The summed E-state index contributed by atoms with van der Waals surface area (Å²) in [6.45, 7) is 6.52. The van der Waals surface area contributed by atoms with E-state index in [-0.39, 0.29) is 11.7 Å². The first kappa shape index (κ1) is 13.4. The molecule has 0 aromatic heterocycles. The number of rotatable bonds is 3. The maximum absolute atomic E-state index is 12.7. The lowest BCUT2D eigenvalue weighted by Gasteiger charge is -2.30. The Morgan fingerprint density at radius 3 is 2.47 bits per heavy atom. The Bertz CT molecular complexity index is 332. The van der Waals surface area contributed by atoms with Crippen LogP contribution in [-0.2, 0) is 4.79 Å². The van der Waals surface area contributed by atoms with Crippen molar-refractivity contribution in [3.05, 3.63) is 0 Å². The highest BCUT2D eigenvalue weighted by Gasteiger charge is 2.50. The van der Waals surface area contributed by atoms with Crippen molar-refractivity contribution in [2.75, 3.05) is 26.2 Å². The summed E-state index contributed by atoms with van der Waals surface area (Å²) in [4.78, 5) is 17.3. The molecule has 1 aliphatic carbocycles. The van der Waals surface area contributed by atoms with E-state index in [2.05, 4.69) is 22.0 Å². The molecule has 0 aromatic rings. The molecular formula is C15H27N3O. The average molecular weight is 265 g/mol. The number of hydrogen-bond donors (Lipinski definition) is 1. The fourth-order valence-corrected chi connectivity index (χ4v) is 4.05. The van der Waals surface area contributed by atoms with Gasteiger partial charge in [0.2, 0.25) is 5.91 Å². The predicted molar refractivity (Wildman–Crippen MR) is 75.8 cm³/mol. The zero-order valence-electron chi connectivity index (χ0n) is 12.2. The molecule has 1 atom stereocenters. The van der Waals surface area contributed by atoms with Crippen molar-refractivity contribution in [2.45, 2.75) is 63.6 Å². The molecule has 2 aliphatic heterocycles. The molecule has 4 heteroatoms. The largest absolute Gasteiger partial charge is 0.325 e.